The molecule has 2 fully saturated rings. The molecule has 1 heterocycles. The fourth-order valence-electron chi connectivity index (χ4n) is 3.45. The summed E-state index contributed by atoms with van der Waals surface area (Å²) in [6.45, 7) is 3.80. The Morgan fingerprint density at radius 2 is 1.90 bits per heavy atom. The fraction of sp³-hybridized carbons (Fsp3) is 0.929. The van der Waals surface area contributed by atoms with Crippen LogP contribution in [0.2, 0.25) is 0 Å². The van der Waals surface area contributed by atoms with Gasteiger partial charge in [-0.2, -0.15) is 0 Å². The second-order valence-corrected chi connectivity index (χ2v) is 8.32. The van der Waals surface area contributed by atoms with Crippen LogP contribution in [0.1, 0.15) is 39.0 Å². The quantitative estimate of drug-likeness (QED) is 0.814. The largest absolute Gasteiger partial charge is 0.338 e. The fourth-order valence-corrected chi connectivity index (χ4v) is 4.48. The maximum atomic E-state index is 12.2. The van der Waals surface area contributed by atoms with Crippen LogP contribution in [0, 0.1) is 17.8 Å². The van der Waals surface area contributed by atoms with E-state index in [2.05, 4.69) is 5.32 Å². The SMILES string of the molecule is C[C@H]1CN(C(=O)NCC2CCCCC2)C[C@@H]1CS(N)(=O)=O. The van der Waals surface area contributed by atoms with Crippen molar-refractivity contribution in [2.45, 2.75) is 39.0 Å². The first-order valence-electron chi connectivity index (χ1n) is 7.88. The normalized spacial score (nSPS) is 27.8. The van der Waals surface area contributed by atoms with Crippen LogP contribution in [0.5, 0.6) is 0 Å². The van der Waals surface area contributed by atoms with Gasteiger partial charge in [0.1, 0.15) is 0 Å². The number of urea groups is 1. The number of carbonyl (C=O) groups excluding carboxylic acids is 1. The van der Waals surface area contributed by atoms with Crippen LogP contribution in [0.3, 0.4) is 0 Å². The van der Waals surface area contributed by atoms with E-state index in [9.17, 15) is 13.2 Å². The van der Waals surface area contributed by atoms with Gasteiger partial charge in [-0.15, -0.1) is 0 Å². The summed E-state index contributed by atoms with van der Waals surface area (Å²) in [5.74, 6) is 0.674. The molecule has 2 amide bonds. The number of nitrogens with one attached hydrogen (secondary N) is 1. The lowest BCUT2D eigenvalue weighted by molar-refractivity contribution is 0.202. The average Bonchev–Trinajstić information content (AvgIpc) is 2.77. The van der Waals surface area contributed by atoms with Crippen molar-refractivity contribution >= 4 is 16.1 Å². The highest BCUT2D eigenvalue weighted by Crippen LogP contribution is 2.25. The van der Waals surface area contributed by atoms with Crippen LogP contribution in [0.15, 0.2) is 0 Å². The summed E-state index contributed by atoms with van der Waals surface area (Å²) in [7, 11) is -3.48. The van der Waals surface area contributed by atoms with E-state index in [1.54, 1.807) is 4.90 Å². The summed E-state index contributed by atoms with van der Waals surface area (Å²) >= 11 is 0. The summed E-state index contributed by atoms with van der Waals surface area (Å²) in [5.41, 5.74) is 0. The topological polar surface area (TPSA) is 92.5 Å². The number of hydrogen-bond acceptors (Lipinski definition) is 3. The van der Waals surface area contributed by atoms with Crippen molar-refractivity contribution in [1.29, 1.82) is 0 Å². The number of likely N-dealkylation sites (tertiary alicyclic amines) is 1. The van der Waals surface area contributed by atoms with Crippen molar-refractivity contribution in [2.24, 2.45) is 22.9 Å². The van der Waals surface area contributed by atoms with Crippen molar-refractivity contribution in [3.63, 3.8) is 0 Å². The molecule has 0 bridgehead atoms. The van der Waals surface area contributed by atoms with E-state index >= 15 is 0 Å². The number of amides is 2. The maximum absolute atomic E-state index is 12.2. The van der Waals surface area contributed by atoms with Gasteiger partial charge in [-0.1, -0.05) is 26.2 Å². The molecule has 1 aliphatic heterocycles. The van der Waals surface area contributed by atoms with Gasteiger partial charge in [0, 0.05) is 19.6 Å². The molecule has 3 N–H and O–H groups in total. The van der Waals surface area contributed by atoms with Crippen LogP contribution in [0.4, 0.5) is 4.79 Å². The molecule has 2 aliphatic rings. The first-order valence-corrected chi connectivity index (χ1v) is 9.60. The van der Waals surface area contributed by atoms with Crippen molar-refractivity contribution in [3.8, 4) is 0 Å². The number of carbonyl (C=O) groups is 1. The van der Waals surface area contributed by atoms with Crippen LogP contribution < -0.4 is 10.5 Å². The average molecular weight is 317 g/mol. The minimum absolute atomic E-state index is 0.0411. The van der Waals surface area contributed by atoms with E-state index in [1.165, 1.54) is 32.1 Å². The number of nitrogens with two attached hydrogens (primary N) is 1. The lowest BCUT2D eigenvalue weighted by Crippen LogP contribution is -2.41. The summed E-state index contributed by atoms with van der Waals surface area (Å²) in [5, 5.41) is 8.11. The molecule has 0 aromatic heterocycles. The highest BCUT2D eigenvalue weighted by molar-refractivity contribution is 7.89. The van der Waals surface area contributed by atoms with E-state index in [0.29, 0.717) is 19.0 Å². The molecule has 2 atom stereocenters. The molecular formula is C14H27N3O3S. The summed E-state index contributed by atoms with van der Waals surface area (Å²) < 4.78 is 22.4. The minimum Gasteiger partial charge on any atom is -0.338 e. The van der Waals surface area contributed by atoms with Gasteiger partial charge in [0.05, 0.1) is 5.75 Å². The molecule has 0 radical (unpaired) electrons. The molecule has 0 aromatic carbocycles. The second-order valence-electron chi connectivity index (χ2n) is 6.66. The molecule has 1 saturated heterocycles. The first kappa shape index (κ1) is 16.5. The van der Waals surface area contributed by atoms with Crippen molar-refractivity contribution in [1.82, 2.24) is 10.2 Å². The van der Waals surface area contributed by atoms with E-state index < -0.39 is 10.0 Å². The number of rotatable bonds is 4. The minimum atomic E-state index is -3.48. The summed E-state index contributed by atoms with van der Waals surface area (Å²) in [6, 6.07) is -0.0654. The number of hydrogen-bond donors (Lipinski definition) is 2. The Balaban J connectivity index is 1.78. The van der Waals surface area contributed by atoms with Gasteiger partial charge < -0.3 is 10.2 Å². The van der Waals surface area contributed by atoms with E-state index in [-0.39, 0.29) is 23.6 Å². The molecule has 0 unspecified atom stereocenters. The number of sulfonamides is 1. The first-order chi connectivity index (χ1) is 9.85. The van der Waals surface area contributed by atoms with Crippen molar-refractivity contribution in [2.75, 3.05) is 25.4 Å². The van der Waals surface area contributed by atoms with E-state index in [0.717, 1.165) is 6.54 Å². The van der Waals surface area contributed by atoms with Gasteiger partial charge in [-0.05, 0) is 30.6 Å². The van der Waals surface area contributed by atoms with Crippen molar-refractivity contribution in [3.05, 3.63) is 0 Å². The molecule has 0 aromatic rings. The molecule has 122 valence electrons. The molecule has 2 rings (SSSR count). The van der Waals surface area contributed by atoms with Crippen LogP contribution in [-0.4, -0.2) is 44.7 Å². The third-order valence-electron chi connectivity index (χ3n) is 4.77. The van der Waals surface area contributed by atoms with Gasteiger partial charge in [0.2, 0.25) is 10.0 Å². The second kappa shape index (κ2) is 6.96. The maximum Gasteiger partial charge on any atom is 0.317 e. The molecule has 1 aliphatic carbocycles. The molecule has 21 heavy (non-hydrogen) atoms. The summed E-state index contributed by atoms with van der Waals surface area (Å²) in [6.07, 6.45) is 6.23. The van der Waals surface area contributed by atoms with Crippen LogP contribution in [0.25, 0.3) is 0 Å². The Kier molecular flexibility index (Phi) is 5.48. The Labute approximate surface area is 127 Å². The zero-order chi connectivity index (χ0) is 15.5. The number of primary sulfonamides is 1. The predicted octanol–water partition coefficient (Wildman–Crippen LogP) is 1.13. The van der Waals surface area contributed by atoms with Crippen LogP contribution >= 0.6 is 0 Å². The monoisotopic (exact) mass is 317 g/mol. The molecule has 7 heteroatoms. The van der Waals surface area contributed by atoms with Gasteiger partial charge >= 0.3 is 6.03 Å². The molecule has 0 spiro atoms. The van der Waals surface area contributed by atoms with E-state index in [4.69, 9.17) is 5.14 Å². The summed E-state index contributed by atoms with van der Waals surface area (Å²) in [4.78, 5) is 13.9. The Morgan fingerprint density at radius 1 is 1.24 bits per heavy atom. The standard InChI is InChI=1S/C14H27N3O3S/c1-11-8-17(9-13(11)10-21(15,19)20)14(18)16-7-12-5-3-2-4-6-12/h11-13H,2-10H2,1H3,(H,16,18)(H2,15,19,20)/t11-,13+/m0/s1. The molecular weight excluding hydrogens is 290 g/mol. The van der Waals surface area contributed by atoms with Gasteiger partial charge in [0.15, 0.2) is 0 Å². The highest BCUT2D eigenvalue weighted by Gasteiger charge is 2.34. The Hall–Kier alpha value is -0.820. The molecule has 6 nitrogen and oxygen atoms in total. The lowest BCUT2D eigenvalue weighted by atomic mass is 9.89. The van der Waals surface area contributed by atoms with Gasteiger partial charge in [0.25, 0.3) is 0 Å². The van der Waals surface area contributed by atoms with Crippen LogP contribution in [-0.2, 0) is 10.0 Å². The van der Waals surface area contributed by atoms with Crippen molar-refractivity contribution < 1.29 is 13.2 Å². The Bertz CT molecular complexity index is 460. The Morgan fingerprint density at radius 3 is 2.52 bits per heavy atom. The zero-order valence-electron chi connectivity index (χ0n) is 12.8. The van der Waals surface area contributed by atoms with Gasteiger partial charge in [-0.25, -0.2) is 18.4 Å². The van der Waals surface area contributed by atoms with E-state index in [1.807, 2.05) is 6.92 Å². The lowest BCUT2D eigenvalue weighted by Gasteiger charge is -2.24. The molecule has 1 saturated carbocycles. The third-order valence-corrected chi connectivity index (χ3v) is 5.66. The predicted molar refractivity (Wildman–Crippen MR) is 82.2 cm³/mol. The third kappa shape index (κ3) is 5.14. The number of nitrogens with zero attached hydrogens (tertiary/aromatic N) is 1. The zero-order valence-corrected chi connectivity index (χ0v) is 13.6. The van der Waals surface area contributed by atoms with Gasteiger partial charge in [-0.3, -0.25) is 0 Å². The highest BCUT2D eigenvalue weighted by atomic mass is 32.2. The smallest absolute Gasteiger partial charge is 0.317 e.